The number of ether oxygens (including phenoxy) is 2. The van der Waals surface area contributed by atoms with Crippen LogP contribution in [0.2, 0.25) is 0 Å². The van der Waals surface area contributed by atoms with Gasteiger partial charge in [-0.05, 0) is 6.42 Å². The molecule has 1 saturated heterocycles. The summed E-state index contributed by atoms with van der Waals surface area (Å²) in [5.41, 5.74) is 0. The number of rotatable bonds is 3. The van der Waals surface area contributed by atoms with Gasteiger partial charge in [0.1, 0.15) is 5.76 Å². The van der Waals surface area contributed by atoms with E-state index in [1.807, 2.05) is 0 Å². The van der Waals surface area contributed by atoms with Crippen molar-refractivity contribution in [3.63, 3.8) is 0 Å². The fourth-order valence-corrected chi connectivity index (χ4v) is 1.05. The number of nitrogens with one attached hydrogen (secondary N) is 1. The van der Waals surface area contributed by atoms with Gasteiger partial charge in [0.05, 0.1) is 13.7 Å². The summed E-state index contributed by atoms with van der Waals surface area (Å²) in [6.45, 7) is 6.59. The monoisotopic (exact) mass is 157 g/mol. The third kappa shape index (κ3) is 1.94. The van der Waals surface area contributed by atoms with E-state index in [0.29, 0.717) is 11.8 Å². The van der Waals surface area contributed by atoms with Gasteiger partial charge in [0.15, 0.2) is 6.23 Å². The van der Waals surface area contributed by atoms with Gasteiger partial charge in [0.25, 0.3) is 0 Å². The number of hydrogen-bond acceptors (Lipinski definition) is 3. The first-order valence-corrected chi connectivity index (χ1v) is 3.88. The maximum absolute atomic E-state index is 5.37. The Morgan fingerprint density at radius 2 is 2.55 bits per heavy atom. The molecule has 11 heavy (non-hydrogen) atoms. The van der Waals surface area contributed by atoms with Gasteiger partial charge in [0.2, 0.25) is 0 Å². The molecule has 0 saturated carbocycles. The molecular formula is C8H15NO2. The Kier molecular flexibility index (Phi) is 2.91. The van der Waals surface area contributed by atoms with Crippen LogP contribution in [0.15, 0.2) is 12.3 Å². The Hall–Kier alpha value is -0.540. The van der Waals surface area contributed by atoms with Crippen LogP contribution in [0.25, 0.3) is 0 Å². The Labute approximate surface area is 67.4 Å². The molecule has 0 radical (unpaired) electrons. The average Bonchev–Trinajstić information content (AvgIpc) is 2.50. The molecule has 1 rings (SSSR count). The summed E-state index contributed by atoms with van der Waals surface area (Å²) in [6.07, 6.45) is 0.970. The zero-order valence-electron chi connectivity index (χ0n) is 7.09. The van der Waals surface area contributed by atoms with Crippen molar-refractivity contribution in [1.29, 1.82) is 0 Å². The molecule has 1 fully saturated rings. The second kappa shape index (κ2) is 3.74. The molecular weight excluding hydrogens is 142 g/mol. The first kappa shape index (κ1) is 8.56. The molecule has 0 aromatic rings. The van der Waals surface area contributed by atoms with E-state index in [1.54, 1.807) is 7.11 Å². The van der Waals surface area contributed by atoms with Crippen molar-refractivity contribution in [2.75, 3.05) is 13.7 Å². The van der Waals surface area contributed by atoms with Crippen molar-refractivity contribution in [3.8, 4) is 0 Å². The van der Waals surface area contributed by atoms with Crippen LogP contribution in [-0.2, 0) is 9.47 Å². The smallest absolute Gasteiger partial charge is 0.166 e. The second-order valence-corrected chi connectivity index (χ2v) is 2.66. The van der Waals surface area contributed by atoms with Crippen LogP contribution < -0.4 is 5.32 Å². The number of hydrogen-bond donors (Lipinski definition) is 1. The van der Waals surface area contributed by atoms with Gasteiger partial charge in [-0.2, -0.15) is 0 Å². The highest BCUT2D eigenvalue weighted by molar-refractivity contribution is 4.95. The minimum Gasteiger partial charge on any atom is -0.497 e. The average molecular weight is 157 g/mol. The van der Waals surface area contributed by atoms with E-state index in [-0.39, 0.29) is 6.23 Å². The number of methoxy groups -OCH3 is 1. The lowest BCUT2D eigenvalue weighted by Gasteiger charge is -2.12. The molecule has 0 aromatic carbocycles. The van der Waals surface area contributed by atoms with Gasteiger partial charge in [-0.1, -0.05) is 13.5 Å². The molecule has 0 amide bonds. The molecule has 1 N–H and O–H groups in total. The maximum Gasteiger partial charge on any atom is 0.166 e. The van der Waals surface area contributed by atoms with E-state index < -0.39 is 0 Å². The van der Waals surface area contributed by atoms with Crippen molar-refractivity contribution < 1.29 is 9.47 Å². The zero-order valence-corrected chi connectivity index (χ0v) is 7.09. The second-order valence-electron chi connectivity index (χ2n) is 2.66. The van der Waals surface area contributed by atoms with E-state index in [9.17, 15) is 0 Å². The van der Waals surface area contributed by atoms with Crippen molar-refractivity contribution >= 4 is 0 Å². The zero-order chi connectivity index (χ0) is 8.27. The first-order chi connectivity index (χ1) is 5.27. The summed E-state index contributed by atoms with van der Waals surface area (Å²) in [5, 5.41) is 3.24. The quantitative estimate of drug-likeness (QED) is 0.617. The predicted octanol–water partition coefficient (Wildman–Crippen LogP) is 0.871. The highest BCUT2D eigenvalue weighted by atomic mass is 16.5. The van der Waals surface area contributed by atoms with Crippen LogP contribution in [0.5, 0.6) is 0 Å². The Balaban J connectivity index is 2.35. The van der Waals surface area contributed by atoms with Crippen LogP contribution in [0.1, 0.15) is 13.3 Å². The molecule has 3 nitrogen and oxygen atoms in total. The van der Waals surface area contributed by atoms with E-state index in [1.165, 1.54) is 0 Å². The van der Waals surface area contributed by atoms with Gasteiger partial charge >= 0.3 is 0 Å². The molecule has 2 atom stereocenters. The summed E-state index contributed by atoms with van der Waals surface area (Å²) < 4.78 is 10.3. The third-order valence-electron chi connectivity index (χ3n) is 1.90. The molecule has 0 aliphatic carbocycles. The minimum atomic E-state index is -0.107. The van der Waals surface area contributed by atoms with Crippen LogP contribution in [-0.4, -0.2) is 26.0 Å². The topological polar surface area (TPSA) is 30.5 Å². The molecule has 64 valence electrons. The summed E-state index contributed by atoms with van der Waals surface area (Å²) in [5.74, 6) is 0.654. The Morgan fingerprint density at radius 3 is 3.00 bits per heavy atom. The fraction of sp³-hybridized carbons (Fsp3) is 0.750. The standard InChI is InChI=1S/C8H15NO2/c1-4-7-5-11-8(9-7)6(2)10-3/h7-9H,2,4-5H2,1,3H3. The lowest BCUT2D eigenvalue weighted by Crippen LogP contribution is -2.31. The fourth-order valence-electron chi connectivity index (χ4n) is 1.05. The lowest BCUT2D eigenvalue weighted by atomic mass is 10.2. The largest absolute Gasteiger partial charge is 0.497 e. The van der Waals surface area contributed by atoms with Gasteiger partial charge in [-0.3, -0.25) is 5.32 Å². The van der Waals surface area contributed by atoms with Crippen molar-refractivity contribution in [2.24, 2.45) is 0 Å². The van der Waals surface area contributed by atoms with Gasteiger partial charge in [0, 0.05) is 6.04 Å². The third-order valence-corrected chi connectivity index (χ3v) is 1.90. The molecule has 2 unspecified atom stereocenters. The van der Waals surface area contributed by atoms with Gasteiger partial charge < -0.3 is 9.47 Å². The van der Waals surface area contributed by atoms with Crippen LogP contribution in [0.3, 0.4) is 0 Å². The van der Waals surface area contributed by atoms with Crippen LogP contribution in [0, 0.1) is 0 Å². The van der Waals surface area contributed by atoms with E-state index >= 15 is 0 Å². The van der Waals surface area contributed by atoms with Crippen molar-refractivity contribution in [1.82, 2.24) is 5.32 Å². The predicted molar refractivity (Wildman–Crippen MR) is 43.1 cm³/mol. The molecule has 3 heteroatoms. The molecule has 0 spiro atoms. The highest BCUT2D eigenvalue weighted by Crippen LogP contribution is 2.11. The summed E-state index contributed by atoms with van der Waals surface area (Å²) in [6, 6.07) is 0.451. The van der Waals surface area contributed by atoms with Crippen LogP contribution >= 0.6 is 0 Å². The SMILES string of the molecule is C=C(OC)C1NC(CC)CO1. The Morgan fingerprint density at radius 1 is 1.82 bits per heavy atom. The molecule has 1 heterocycles. The lowest BCUT2D eigenvalue weighted by molar-refractivity contribution is 0.0786. The van der Waals surface area contributed by atoms with Crippen molar-refractivity contribution in [3.05, 3.63) is 12.3 Å². The summed E-state index contributed by atoms with van der Waals surface area (Å²) >= 11 is 0. The van der Waals surface area contributed by atoms with E-state index in [2.05, 4.69) is 18.8 Å². The van der Waals surface area contributed by atoms with Crippen molar-refractivity contribution in [2.45, 2.75) is 25.6 Å². The maximum atomic E-state index is 5.37. The molecule has 0 aromatic heterocycles. The normalized spacial score (nSPS) is 30.4. The summed E-state index contributed by atoms with van der Waals surface area (Å²) in [4.78, 5) is 0. The molecule has 1 aliphatic rings. The van der Waals surface area contributed by atoms with E-state index in [4.69, 9.17) is 9.47 Å². The minimum absolute atomic E-state index is 0.107. The van der Waals surface area contributed by atoms with Crippen LogP contribution in [0.4, 0.5) is 0 Å². The first-order valence-electron chi connectivity index (χ1n) is 3.88. The van der Waals surface area contributed by atoms with Gasteiger partial charge in [-0.15, -0.1) is 0 Å². The Bertz CT molecular complexity index is 147. The van der Waals surface area contributed by atoms with Gasteiger partial charge in [-0.25, -0.2) is 0 Å². The molecule has 1 aliphatic heterocycles. The summed E-state index contributed by atoms with van der Waals surface area (Å²) in [7, 11) is 1.60. The molecule has 0 bridgehead atoms. The highest BCUT2D eigenvalue weighted by Gasteiger charge is 2.25. The van der Waals surface area contributed by atoms with E-state index in [0.717, 1.165) is 13.0 Å².